The van der Waals surface area contributed by atoms with Crippen molar-refractivity contribution in [2.75, 3.05) is 66.0 Å². The van der Waals surface area contributed by atoms with Crippen LogP contribution in [0.1, 0.15) is 33.6 Å². The minimum Gasteiger partial charge on any atom is -0.338 e. The van der Waals surface area contributed by atoms with Crippen LogP contribution >= 0.6 is 0 Å². The van der Waals surface area contributed by atoms with Gasteiger partial charge in [0.15, 0.2) is 0 Å². The number of carbonyl (C=O) groups excluding carboxylic acids is 1. The minimum atomic E-state index is -0.0814. The fraction of sp³-hybridized carbons (Fsp3) is 0.944. The molecule has 2 heterocycles. The lowest BCUT2D eigenvalue weighted by molar-refractivity contribution is 0.0756. The van der Waals surface area contributed by atoms with E-state index in [0.717, 1.165) is 71.7 Å². The fourth-order valence-corrected chi connectivity index (χ4v) is 3.64. The van der Waals surface area contributed by atoms with Crippen LogP contribution in [-0.4, -0.2) is 92.2 Å². The van der Waals surface area contributed by atoms with E-state index in [2.05, 4.69) is 53.2 Å². The van der Waals surface area contributed by atoms with Crippen molar-refractivity contribution in [2.24, 2.45) is 5.92 Å². The third kappa shape index (κ3) is 5.90. The summed E-state index contributed by atoms with van der Waals surface area (Å²) < 4.78 is 0. The predicted molar refractivity (Wildman–Crippen MR) is 99.4 cm³/mol. The molecule has 0 aromatic heterocycles. The zero-order chi connectivity index (χ0) is 17.6. The number of likely N-dealkylation sites (tertiary alicyclic amines) is 1. The second kappa shape index (κ2) is 9.02. The van der Waals surface area contributed by atoms with Crippen LogP contribution < -0.4 is 10.6 Å². The zero-order valence-corrected chi connectivity index (χ0v) is 16.1. The van der Waals surface area contributed by atoms with E-state index in [1.165, 1.54) is 0 Å². The number of piperidine rings is 1. The van der Waals surface area contributed by atoms with E-state index in [1.54, 1.807) is 0 Å². The van der Waals surface area contributed by atoms with Gasteiger partial charge in [-0.15, -0.1) is 0 Å². The van der Waals surface area contributed by atoms with Gasteiger partial charge in [-0.2, -0.15) is 0 Å². The lowest BCUT2D eigenvalue weighted by atomic mass is 9.86. The van der Waals surface area contributed by atoms with Gasteiger partial charge in [0.05, 0.1) is 5.54 Å². The number of nitrogens with zero attached hydrogens (tertiary/aromatic N) is 3. The number of urea groups is 1. The summed E-state index contributed by atoms with van der Waals surface area (Å²) in [4.78, 5) is 19.8. The summed E-state index contributed by atoms with van der Waals surface area (Å²) >= 11 is 0. The van der Waals surface area contributed by atoms with E-state index in [-0.39, 0.29) is 11.6 Å². The normalized spacial score (nSPS) is 23.4. The molecule has 0 aromatic rings. The van der Waals surface area contributed by atoms with E-state index < -0.39 is 0 Å². The standard InChI is InChI=1S/C18H37N5O/c1-5-22-10-12-23(13-11-22)15-18(6-8-21(4)9-7-18)20-17(24)19-14-16(2)3/h16H,5-15H2,1-4H3,(H2,19,20,24). The minimum absolute atomic E-state index is 0.000414. The number of hydrogen-bond acceptors (Lipinski definition) is 4. The Morgan fingerprint density at radius 2 is 1.62 bits per heavy atom. The Morgan fingerprint density at radius 3 is 2.17 bits per heavy atom. The number of piperazine rings is 1. The molecule has 24 heavy (non-hydrogen) atoms. The molecule has 0 bridgehead atoms. The van der Waals surface area contributed by atoms with E-state index in [1.807, 2.05) is 0 Å². The molecule has 2 saturated heterocycles. The Morgan fingerprint density at radius 1 is 1.04 bits per heavy atom. The molecular formula is C18H37N5O. The van der Waals surface area contributed by atoms with Gasteiger partial charge < -0.3 is 20.4 Å². The van der Waals surface area contributed by atoms with Gasteiger partial charge in [-0.1, -0.05) is 20.8 Å². The second-order valence-electron chi connectivity index (χ2n) is 8.02. The predicted octanol–water partition coefficient (Wildman–Crippen LogP) is 1.04. The van der Waals surface area contributed by atoms with E-state index in [0.29, 0.717) is 5.92 Å². The molecule has 2 rings (SSSR count). The van der Waals surface area contributed by atoms with Crippen LogP contribution in [-0.2, 0) is 0 Å². The highest BCUT2D eigenvalue weighted by molar-refractivity contribution is 5.74. The molecular weight excluding hydrogens is 302 g/mol. The molecule has 2 aliphatic heterocycles. The van der Waals surface area contributed by atoms with Crippen LogP contribution in [0.3, 0.4) is 0 Å². The summed E-state index contributed by atoms with van der Waals surface area (Å²) in [6.45, 7) is 16.0. The average Bonchev–Trinajstić information content (AvgIpc) is 2.56. The number of nitrogens with one attached hydrogen (secondary N) is 2. The van der Waals surface area contributed by atoms with Gasteiger partial charge in [0.25, 0.3) is 0 Å². The third-order valence-electron chi connectivity index (χ3n) is 5.43. The van der Waals surface area contributed by atoms with Crippen molar-refractivity contribution < 1.29 is 4.79 Å². The zero-order valence-electron chi connectivity index (χ0n) is 16.1. The van der Waals surface area contributed by atoms with Crippen molar-refractivity contribution in [3.8, 4) is 0 Å². The largest absolute Gasteiger partial charge is 0.338 e. The number of rotatable bonds is 6. The van der Waals surface area contributed by atoms with Gasteiger partial charge in [0, 0.05) is 52.4 Å². The van der Waals surface area contributed by atoms with Gasteiger partial charge in [0.2, 0.25) is 0 Å². The molecule has 140 valence electrons. The fourth-order valence-electron chi connectivity index (χ4n) is 3.64. The maximum absolute atomic E-state index is 12.4. The smallest absolute Gasteiger partial charge is 0.315 e. The van der Waals surface area contributed by atoms with Crippen LogP contribution in [0.15, 0.2) is 0 Å². The van der Waals surface area contributed by atoms with Gasteiger partial charge in [-0.3, -0.25) is 4.90 Å². The van der Waals surface area contributed by atoms with Crippen molar-refractivity contribution >= 4 is 6.03 Å². The van der Waals surface area contributed by atoms with Crippen molar-refractivity contribution in [3.05, 3.63) is 0 Å². The third-order valence-corrected chi connectivity index (χ3v) is 5.43. The Balaban J connectivity index is 1.92. The molecule has 6 nitrogen and oxygen atoms in total. The van der Waals surface area contributed by atoms with Crippen LogP contribution in [0.4, 0.5) is 4.79 Å². The molecule has 2 aliphatic rings. The van der Waals surface area contributed by atoms with E-state index >= 15 is 0 Å². The van der Waals surface area contributed by atoms with Gasteiger partial charge in [0.1, 0.15) is 0 Å². The lowest BCUT2D eigenvalue weighted by Gasteiger charge is -2.45. The lowest BCUT2D eigenvalue weighted by Crippen LogP contribution is -2.63. The quantitative estimate of drug-likeness (QED) is 0.759. The van der Waals surface area contributed by atoms with Crippen molar-refractivity contribution in [2.45, 2.75) is 39.2 Å². The first kappa shape index (κ1) is 19.5. The monoisotopic (exact) mass is 339 g/mol. The Kier molecular flexibility index (Phi) is 7.32. The van der Waals surface area contributed by atoms with Gasteiger partial charge in [-0.25, -0.2) is 4.79 Å². The highest BCUT2D eigenvalue weighted by Crippen LogP contribution is 2.23. The maximum atomic E-state index is 12.4. The first-order valence-corrected chi connectivity index (χ1v) is 9.62. The maximum Gasteiger partial charge on any atom is 0.315 e. The van der Waals surface area contributed by atoms with Crippen LogP contribution in [0.2, 0.25) is 0 Å². The number of likely N-dealkylation sites (N-methyl/N-ethyl adjacent to an activating group) is 1. The summed E-state index contributed by atoms with van der Waals surface area (Å²) in [5, 5.41) is 6.38. The molecule has 2 amide bonds. The first-order valence-electron chi connectivity index (χ1n) is 9.62. The van der Waals surface area contributed by atoms with Crippen molar-refractivity contribution in [1.82, 2.24) is 25.3 Å². The topological polar surface area (TPSA) is 50.9 Å². The first-order chi connectivity index (χ1) is 11.4. The van der Waals surface area contributed by atoms with Crippen molar-refractivity contribution in [3.63, 3.8) is 0 Å². The Labute approximate surface area is 147 Å². The van der Waals surface area contributed by atoms with Crippen LogP contribution in [0.5, 0.6) is 0 Å². The Hall–Kier alpha value is -0.850. The molecule has 0 aliphatic carbocycles. The van der Waals surface area contributed by atoms with Gasteiger partial charge >= 0.3 is 6.03 Å². The molecule has 0 saturated carbocycles. The summed E-state index contributed by atoms with van der Waals surface area (Å²) in [5.74, 6) is 0.478. The molecule has 2 fully saturated rings. The van der Waals surface area contributed by atoms with Crippen molar-refractivity contribution in [1.29, 1.82) is 0 Å². The average molecular weight is 340 g/mol. The molecule has 0 atom stereocenters. The van der Waals surface area contributed by atoms with Gasteiger partial charge in [-0.05, 0) is 32.4 Å². The summed E-state index contributed by atoms with van der Waals surface area (Å²) in [7, 11) is 2.17. The van der Waals surface area contributed by atoms with E-state index in [4.69, 9.17) is 0 Å². The SMILES string of the molecule is CCN1CCN(CC2(NC(=O)NCC(C)C)CCN(C)CC2)CC1. The van der Waals surface area contributed by atoms with E-state index in [9.17, 15) is 4.79 Å². The number of hydrogen-bond donors (Lipinski definition) is 2. The highest BCUT2D eigenvalue weighted by Gasteiger charge is 2.37. The molecule has 0 radical (unpaired) electrons. The summed E-state index contributed by atoms with van der Waals surface area (Å²) in [6, 6.07) is 0.000414. The molecule has 2 N–H and O–H groups in total. The van der Waals surface area contributed by atoms with Crippen LogP contribution in [0, 0.1) is 5.92 Å². The summed E-state index contributed by atoms with van der Waals surface area (Å²) in [6.07, 6.45) is 2.07. The highest BCUT2D eigenvalue weighted by atomic mass is 16.2. The molecule has 0 spiro atoms. The number of amides is 2. The second-order valence-corrected chi connectivity index (χ2v) is 8.02. The molecule has 0 aromatic carbocycles. The number of carbonyl (C=O) groups is 1. The Bertz CT molecular complexity index is 385. The molecule has 6 heteroatoms. The van der Waals surface area contributed by atoms with Crippen LogP contribution in [0.25, 0.3) is 0 Å². The summed E-state index contributed by atoms with van der Waals surface area (Å²) in [5.41, 5.74) is -0.0814. The molecule has 0 unspecified atom stereocenters.